The molecule has 2 heteroatoms. The molecule has 0 N–H and O–H groups in total. The zero-order valence-corrected chi connectivity index (χ0v) is 12.8. The van der Waals surface area contributed by atoms with Crippen molar-refractivity contribution in [3.05, 3.63) is 44.6 Å². The van der Waals surface area contributed by atoms with Crippen LogP contribution in [0.3, 0.4) is 0 Å². The van der Waals surface area contributed by atoms with Crippen LogP contribution in [0.4, 0.5) is 0 Å². The summed E-state index contributed by atoms with van der Waals surface area (Å²) in [5.41, 5.74) is 0. The van der Waals surface area contributed by atoms with Crippen LogP contribution in [0.2, 0.25) is 0 Å². The van der Waals surface area contributed by atoms with Gasteiger partial charge in [0.15, 0.2) is 0 Å². The maximum absolute atomic E-state index is 0. The number of hydrogen-bond acceptors (Lipinski definition) is 0. The summed E-state index contributed by atoms with van der Waals surface area (Å²) < 4.78 is 0. The van der Waals surface area contributed by atoms with Gasteiger partial charge in [0, 0.05) is 19.5 Å². The van der Waals surface area contributed by atoms with Crippen molar-refractivity contribution in [3.63, 3.8) is 0 Å². The molecule has 0 heterocycles. The van der Waals surface area contributed by atoms with E-state index < -0.39 is 0 Å². The summed E-state index contributed by atoms with van der Waals surface area (Å²) in [5.74, 6) is 0. The summed E-state index contributed by atoms with van der Waals surface area (Å²) in [6.07, 6.45) is 0. The second kappa shape index (κ2) is 279. The molecule has 0 unspecified atom stereocenters. The van der Waals surface area contributed by atoms with E-state index in [2.05, 4.69) is 0 Å². The van der Waals surface area contributed by atoms with Crippen molar-refractivity contribution in [2.75, 3.05) is 0 Å². The van der Waals surface area contributed by atoms with Gasteiger partial charge in [0.1, 0.15) is 0 Å². The Hall–Kier alpha value is 1.25. The first-order valence-electron chi connectivity index (χ1n) is 0. The average Bonchev–Trinajstić information content (AvgIpc) is 0. The van der Waals surface area contributed by atoms with Gasteiger partial charge in [0.25, 0.3) is 0 Å². The van der Waals surface area contributed by atoms with Gasteiger partial charge in [-0.05, 0) is 0 Å². The SMILES string of the molecule is [CH2-].[CH2-].[CH3-].[CH3-].[CH3-].[CH3-].[Zn+2].[Zn]. The summed E-state index contributed by atoms with van der Waals surface area (Å²) in [6.45, 7) is 0. The molecule has 0 amide bonds. The fraction of sp³-hybridized carbons (Fsp3) is 0. The van der Waals surface area contributed by atoms with Gasteiger partial charge in [0.2, 0.25) is 0 Å². The van der Waals surface area contributed by atoms with Crippen molar-refractivity contribution in [1.82, 2.24) is 0 Å². The third kappa shape index (κ3) is 182. The van der Waals surface area contributed by atoms with Crippen molar-refractivity contribution < 1.29 is 39.0 Å². The van der Waals surface area contributed by atoms with Crippen LogP contribution in [0.25, 0.3) is 0 Å². The Morgan fingerprint density at radius 1 is 0.500 bits per heavy atom. The molecule has 8 heavy (non-hydrogen) atoms. The predicted molar refractivity (Wildman–Crippen MR) is 36.4 cm³/mol. The topological polar surface area (TPSA) is 0 Å². The Balaban J connectivity index is 0. The van der Waals surface area contributed by atoms with Crippen LogP contribution >= 0.6 is 0 Å². The van der Waals surface area contributed by atoms with E-state index in [0.29, 0.717) is 0 Å². The predicted octanol–water partition coefficient (Wildman–Crippen LogP) is 2.45. The summed E-state index contributed by atoms with van der Waals surface area (Å²) in [6, 6.07) is 0. The van der Waals surface area contributed by atoms with E-state index in [-0.39, 0.29) is 83.5 Å². The molecular weight excluding hydrogens is 203 g/mol. The molecule has 0 fully saturated rings. The zero-order valence-electron chi connectivity index (χ0n) is 6.83. The Kier molecular flexibility index (Phi) is 14100. The summed E-state index contributed by atoms with van der Waals surface area (Å²) in [4.78, 5) is 0. The fourth-order valence-electron chi connectivity index (χ4n) is 0. The Morgan fingerprint density at radius 2 is 0.500 bits per heavy atom. The van der Waals surface area contributed by atoms with Crippen molar-refractivity contribution in [2.45, 2.75) is 0 Å². The number of hydrogen-bond donors (Lipinski definition) is 0. The van der Waals surface area contributed by atoms with Gasteiger partial charge >= 0.3 is 19.5 Å². The van der Waals surface area contributed by atoms with E-state index in [1.54, 1.807) is 0 Å². The summed E-state index contributed by atoms with van der Waals surface area (Å²) in [7, 11) is 0. The molecule has 0 spiro atoms. The minimum atomic E-state index is 0. The van der Waals surface area contributed by atoms with Crippen LogP contribution in [0.15, 0.2) is 0 Å². The van der Waals surface area contributed by atoms with Crippen molar-refractivity contribution in [2.24, 2.45) is 0 Å². The van der Waals surface area contributed by atoms with Gasteiger partial charge in [-0.3, -0.25) is 0 Å². The Morgan fingerprint density at radius 3 is 0.500 bits per heavy atom. The van der Waals surface area contributed by atoms with Gasteiger partial charge < -0.3 is 44.6 Å². The van der Waals surface area contributed by atoms with Crippen LogP contribution in [0, 0.1) is 44.6 Å². The molecule has 48 valence electrons. The molecule has 0 aromatic carbocycles. The quantitative estimate of drug-likeness (QED) is 0.433. The minimum Gasteiger partial charge on any atom is -0.512 e. The molecule has 2 radical (unpaired) electrons. The van der Waals surface area contributed by atoms with Crippen LogP contribution in [0.5, 0.6) is 0 Å². The van der Waals surface area contributed by atoms with Gasteiger partial charge in [0.05, 0.1) is 0 Å². The smallest absolute Gasteiger partial charge is 0.512 e. The van der Waals surface area contributed by atoms with E-state index >= 15 is 0 Å². The van der Waals surface area contributed by atoms with Crippen LogP contribution in [0.1, 0.15) is 0 Å². The third-order valence-electron chi connectivity index (χ3n) is 0. The normalized spacial score (nSPS) is 0. The molecule has 0 saturated heterocycles. The maximum atomic E-state index is 0. The van der Waals surface area contributed by atoms with Gasteiger partial charge in [-0.15, -0.1) is 0 Å². The third-order valence-corrected chi connectivity index (χ3v) is 0. The van der Waals surface area contributed by atoms with Crippen LogP contribution in [-0.2, 0) is 39.0 Å². The number of rotatable bonds is 0. The van der Waals surface area contributed by atoms with Gasteiger partial charge in [-0.2, -0.15) is 0 Å². The Labute approximate surface area is 83.4 Å². The monoisotopic (exact) mass is 216 g/mol. The van der Waals surface area contributed by atoms with E-state index in [9.17, 15) is 0 Å². The molecule has 0 atom stereocenters. The maximum Gasteiger partial charge on any atom is 2.00 e. The molecule has 0 rings (SSSR count). The standard InChI is InChI=1S/4CH3.2CH2.2Zn/h4*1H3;2*1H2;;/q6*-1;;+2. The van der Waals surface area contributed by atoms with Crippen LogP contribution < -0.4 is 0 Å². The first-order chi connectivity index (χ1) is 0. The van der Waals surface area contributed by atoms with Crippen molar-refractivity contribution in [3.8, 4) is 0 Å². The largest absolute Gasteiger partial charge is 2.00 e. The van der Waals surface area contributed by atoms with Crippen LogP contribution in [-0.4, -0.2) is 0 Å². The Bertz CT molecular complexity index is 6.49. The summed E-state index contributed by atoms with van der Waals surface area (Å²) in [5, 5.41) is 0. The molecule has 0 aliphatic heterocycles. The van der Waals surface area contributed by atoms with E-state index in [1.165, 1.54) is 0 Å². The molecule has 0 aromatic rings. The average molecular weight is 219 g/mol. The van der Waals surface area contributed by atoms with Gasteiger partial charge in [-0.25, -0.2) is 0 Å². The van der Waals surface area contributed by atoms with Crippen molar-refractivity contribution in [1.29, 1.82) is 0 Å². The molecule has 0 bridgehead atoms. The first-order valence-corrected chi connectivity index (χ1v) is 0. The summed E-state index contributed by atoms with van der Waals surface area (Å²) >= 11 is 0. The van der Waals surface area contributed by atoms with Crippen molar-refractivity contribution >= 4 is 0 Å². The first kappa shape index (κ1) is 405. The van der Waals surface area contributed by atoms with E-state index in [4.69, 9.17) is 0 Å². The molecule has 0 nitrogen and oxygen atoms in total. The fourth-order valence-corrected chi connectivity index (χ4v) is 0. The molecule has 0 saturated carbocycles. The van der Waals surface area contributed by atoms with Gasteiger partial charge in [-0.1, -0.05) is 0 Å². The molecular formula is C6H16Zn2-4. The van der Waals surface area contributed by atoms with E-state index in [1.807, 2.05) is 0 Å². The zero-order chi connectivity index (χ0) is 0. The second-order valence-corrected chi connectivity index (χ2v) is 0. The molecule has 0 aliphatic carbocycles. The second-order valence-electron chi connectivity index (χ2n) is 0. The molecule has 0 aromatic heterocycles. The van der Waals surface area contributed by atoms with E-state index in [0.717, 1.165) is 0 Å². The minimum absolute atomic E-state index is 0. The molecule has 0 aliphatic rings.